The first kappa shape index (κ1) is 60.8. The van der Waals surface area contributed by atoms with Crippen LogP contribution in [0.1, 0.15) is 117 Å². The van der Waals surface area contributed by atoms with E-state index in [1.165, 1.54) is 36.1 Å². The summed E-state index contributed by atoms with van der Waals surface area (Å²) >= 11 is 6.35. The first-order valence-corrected chi connectivity index (χ1v) is 27.3. The molecule has 3 aliphatic rings. The second-order valence-corrected chi connectivity index (χ2v) is 23.1. The molecule has 9 rings (SSSR count). The van der Waals surface area contributed by atoms with Gasteiger partial charge in [0.25, 0.3) is 0 Å². The Bertz CT molecular complexity index is 2740. The van der Waals surface area contributed by atoms with Crippen LogP contribution in [0.15, 0.2) is 172 Å². The quantitative estimate of drug-likeness (QED) is 0.105. The lowest BCUT2D eigenvalue weighted by molar-refractivity contribution is -0.156. The van der Waals surface area contributed by atoms with Crippen molar-refractivity contribution >= 4 is 55.6 Å². The molecule has 13 heteroatoms. The van der Waals surface area contributed by atoms with Crippen LogP contribution < -0.4 is 0 Å². The molecule has 0 radical (unpaired) electrons. The summed E-state index contributed by atoms with van der Waals surface area (Å²) in [5.41, 5.74) is 4.45. The zero-order chi connectivity index (χ0) is 55.5. The number of hydrogen-bond acceptors (Lipinski definition) is 9. The molecule has 0 aliphatic carbocycles. The minimum atomic E-state index is -0.548. The molecule has 1 saturated heterocycles. The van der Waals surface area contributed by atoms with Crippen molar-refractivity contribution in [3.8, 4) is 22.3 Å². The van der Waals surface area contributed by atoms with Crippen LogP contribution in [0.4, 0.5) is 8.78 Å². The molecule has 4 atom stereocenters. The number of aliphatic imine (C=N–C) groups is 2. The Labute approximate surface area is 465 Å². The van der Waals surface area contributed by atoms with Gasteiger partial charge in [-0.2, -0.15) is 0 Å². The SMILES string of the molecule is C1CCOC1.CC(Br)C(=O)OC(C)(C)C.CC(C)(C1=N[C@H](c2ccccc2)CO1)C1=N[C@H](c2ccccc2)CO1.C[C@H](C(=O)OC(C)(C)C)c1ccc(-c2ccccc2)c(F)c1.Fc1cc(Br)ccc1-c1ccccc1. The van der Waals surface area contributed by atoms with Gasteiger partial charge in [-0.3, -0.25) is 9.59 Å². The third-order valence-electron chi connectivity index (χ3n) is 11.7. The smallest absolute Gasteiger partial charge is 0.319 e. The van der Waals surface area contributed by atoms with E-state index in [0.29, 0.717) is 41.7 Å². The van der Waals surface area contributed by atoms with Gasteiger partial charge in [0.15, 0.2) is 11.8 Å². The van der Waals surface area contributed by atoms with Crippen LogP contribution >= 0.6 is 31.9 Å². The highest BCUT2D eigenvalue weighted by Gasteiger charge is 2.41. The highest BCUT2D eigenvalue weighted by atomic mass is 79.9. The fraction of sp³-hybridized carbons (Fsp3) is 0.365. The zero-order valence-electron chi connectivity index (χ0n) is 45.3. The van der Waals surface area contributed by atoms with Gasteiger partial charge in [-0.1, -0.05) is 171 Å². The first-order valence-electron chi connectivity index (χ1n) is 25.6. The van der Waals surface area contributed by atoms with Gasteiger partial charge in [-0.15, -0.1) is 0 Å². The van der Waals surface area contributed by atoms with Crippen molar-refractivity contribution in [1.82, 2.24) is 0 Å². The molecule has 3 heterocycles. The number of benzene rings is 6. The lowest BCUT2D eigenvalue weighted by Crippen LogP contribution is -2.34. The number of carbonyl (C=O) groups excluding carboxylic acids is 2. The maximum absolute atomic E-state index is 14.3. The number of halogens is 4. The van der Waals surface area contributed by atoms with Crippen LogP contribution in [-0.4, -0.2) is 66.2 Å². The molecule has 404 valence electrons. The maximum Gasteiger partial charge on any atom is 0.319 e. The molecule has 0 aromatic heterocycles. The summed E-state index contributed by atoms with van der Waals surface area (Å²) in [6, 6.07) is 49.4. The summed E-state index contributed by atoms with van der Waals surface area (Å²) in [5.74, 6) is -0.197. The normalized spacial score (nSPS) is 16.6. The van der Waals surface area contributed by atoms with Crippen molar-refractivity contribution in [3.63, 3.8) is 0 Å². The highest BCUT2D eigenvalue weighted by molar-refractivity contribution is 9.10. The molecular weight excluding hydrogens is 1090 g/mol. The number of carbonyl (C=O) groups is 2. The Hall–Kier alpha value is -6.02. The number of nitrogens with zero attached hydrogens (tertiary/aromatic N) is 2. The minimum absolute atomic E-state index is 0.0439. The average molecular weight is 1170 g/mol. The molecule has 0 amide bonds. The van der Waals surface area contributed by atoms with Crippen LogP contribution in [0.3, 0.4) is 0 Å². The van der Waals surface area contributed by atoms with Gasteiger partial charge in [0.05, 0.1) is 5.92 Å². The van der Waals surface area contributed by atoms with Crippen molar-refractivity contribution in [2.45, 2.75) is 116 Å². The van der Waals surface area contributed by atoms with Crippen LogP contribution in [0.5, 0.6) is 0 Å². The Morgan fingerprint density at radius 3 is 1.32 bits per heavy atom. The highest BCUT2D eigenvalue weighted by Crippen LogP contribution is 2.36. The van der Waals surface area contributed by atoms with Gasteiger partial charge in [0, 0.05) is 28.8 Å². The van der Waals surface area contributed by atoms with Gasteiger partial charge in [-0.25, -0.2) is 18.8 Å². The lowest BCUT2D eigenvalue weighted by Gasteiger charge is -2.22. The third-order valence-corrected chi connectivity index (χ3v) is 12.5. The van der Waals surface area contributed by atoms with Crippen molar-refractivity contribution in [3.05, 3.63) is 191 Å². The Kier molecular flexibility index (Phi) is 23.2. The molecule has 9 nitrogen and oxygen atoms in total. The van der Waals surface area contributed by atoms with Crippen molar-refractivity contribution < 1.29 is 42.1 Å². The van der Waals surface area contributed by atoms with Crippen molar-refractivity contribution in [1.29, 1.82) is 0 Å². The van der Waals surface area contributed by atoms with E-state index in [4.69, 9.17) is 33.7 Å². The number of alkyl halides is 1. The van der Waals surface area contributed by atoms with Gasteiger partial charge in [-0.05, 0) is 128 Å². The topological polar surface area (TPSA) is 105 Å². The standard InChI is InChI=1S/C21H22N2O2.C19H21FO2.C12H8BrF.C7H13BrO2.C4H8O/c1-21(2,19-22-17(13-24-19)15-9-5-3-6-10-15)20-23-18(14-25-20)16-11-7-4-8-12-16;1-13(18(21)22-19(2,3)4)15-10-11-16(17(20)12-15)14-8-6-5-7-9-14;13-10-6-7-11(12(14)8-10)9-4-2-1-3-5-9;1-5(8)6(9)10-7(2,3)4;1-2-4-5-3-1/h3-12,17-18H,13-14H2,1-2H3;5-13H,1-4H3;1-8H;5H,1-4H3;1-4H2/t17-,18-;13-;;;/m00.../s1. The molecule has 6 aromatic carbocycles. The van der Waals surface area contributed by atoms with Gasteiger partial charge in [0.1, 0.15) is 58.4 Å². The fourth-order valence-electron chi connectivity index (χ4n) is 7.63. The van der Waals surface area contributed by atoms with Gasteiger partial charge < -0.3 is 23.7 Å². The fourth-order valence-corrected chi connectivity index (χ4v) is 8.05. The monoisotopic (exact) mass is 1160 g/mol. The van der Waals surface area contributed by atoms with Gasteiger partial charge >= 0.3 is 11.9 Å². The Morgan fingerprint density at radius 1 is 0.566 bits per heavy atom. The molecule has 76 heavy (non-hydrogen) atoms. The van der Waals surface area contributed by atoms with Crippen molar-refractivity contribution in [2.24, 2.45) is 15.4 Å². The van der Waals surface area contributed by atoms with E-state index >= 15 is 0 Å². The molecule has 0 N–H and O–H groups in total. The molecule has 0 saturated carbocycles. The second kappa shape index (κ2) is 28.9. The van der Waals surface area contributed by atoms with E-state index < -0.39 is 16.9 Å². The molecule has 1 fully saturated rings. The number of ether oxygens (including phenoxy) is 5. The van der Waals surface area contributed by atoms with E-state index in [1.54, 1.807) is 32.0 Å². The largest absolute Gasteiger partial charge is 0.478 e. The van der Waals surface area contributed by atoms with Crippen LogP contribution in [0.2, 0.25) is 0 Å². The minimum Gasteiger partial charge on any atom is -0.478 e. The summed E-state index contributed by atoms with van der Waals surface area (Å²) in [6.45, 7) is 21.7. The maximum atomic E-state index is 14.3. The zero-order valence-corrected chi connectivity index (χ0v) is 48.5. The molecule has 6 aromatic rings. The number of rotatable bonds is 9. The average Bonchev–Trinajstić information content (AvgIpc) is 4.23. The van der Waals surface area contributed by atoms with E-state index in [0.717, 1.165) is 28.8 Å². The molecule has 3 aliphatic heterocycles. The lowest BCUT2D eigenvalue weighted by atomic mass is 9.93. The van der Waals surface area contributed by atoms with Crippen molar-refractivity contribution in [2.75, 3.05) is 26.4 Å². The van der Waals surface area contributed by atoms with Gasteiger partial charge in [0.2, 0.25) is 0 Å². The Balaban J connectivity index is 0.000000190. The van der Waals surface area contributed by atoms with Crippen LogP contribution in [-0.2, 0) is 33.3 Å². The molecule has 0 spiro atoms. The summed E-state index contributed by atoms with van der Waals surface area (Å²) in [4.78, 5) is 32.4. The molecular formula is C63H72Br2F2N2O7. The van der Waals surface area contributed by atoms with E-state index in [-0.39, 0.29) is 46.1 Å². The van der Waals surface area contributed by atoms with E-state index in [1.807, 2.05) is 145 Å². The summed E-state index contributed by atoms with van der Waals surface area (Å²) in [7, 11) is 0. The van der Waals surface area contributed by atoms with E-state index in [2.05, 4.69) is 70.0 Å². The summed E-state index contributed by atoms with van der Waals surface area (Å²) in [5, 5.41) is 0. The van der Waals surface area contributed by atoms with Crippen LogP contribution in [0, 0.1) is 17.0 Å². The number of hydrogen-bond donors (Lipinski definition) is 0. The Morgan fingerprint density at radius 2 is 0.961 bits per heavy atom. The second-order valence-electron chi connectivity index (χ2n) is 20.8. The predicted molar refractivity (Wildman–Crippen MR) is 309 cm³/mol. The molecule has 1 unspecified atom stereocenters. The van der Waals surface area contributed by atoms with E-state index in [9.17, 15) is 18.4 Å². The first-order chi connectivity index (χ1) is 36.0. The summed E-state index contributed by atoms with van der Waals surface area (Å²) in [6.07, 6.45) is 2.56. The predicted octanol–water partition coefficient (Wildman–Crippen LogP) is 16.5. The number of esters is 2. The third kappa shape index (κ3) is 19.5. The summed E-state index contributed by atoms with van der Waals surface area (Å²) < 4.78 is 55.8. The van der Waals surface area contributed by atoms with Crippen LogP contribution in [0.25, 0.3) is 22.3 Å². The molecule has 0 bridgehead atoms.